The molecule has 0 atom stereocenters. The molecule has 0 radical (unpaired) electrons. The number of benzene rings is 1. The molecule has 0 unspecified atom stereocenters. The Hall–Kier alpha value is -1.70. The van der Waals surface area contributed by atoms with Crippen LogP contribution in [0.1, 0.15) is 31.1 Å². The molecule has 0 aliphatic rings. The SMILES string of the molecule is CC(C)(C)[Si](C)(C)Oc1cc(OC(F)(F)F)ccc1C(=O)O. The van der Waals surface area contributed by atoms with Gasteiger partial charge in [0, 0.05) is 6.07 Å². The van der Waals surface area contributed by atoms with Crippen LogP contribution in [0.5, 0.6) is 11.5 Å². The zero-order valence-electron chi connectivity index (χ0n) is 13.0. The van der Waals surface area contributed by atoms with Crippen LogP contribution in [0.2, 0.25) is 18.1 Å². The van der Waals surface area contributed by atoms with Gasteiger partial charge in [-0.1, -0.05) is 20.8 Å². The Morgan fingerprint density at radius 1 is 1.18 bits per heavy atom. The minimum atomic E-state index is -4.85. The largest absolute Gasteiger partial charge is 0.573 e. The van der Waals surface area contributed by atoms with Gasteiger partial charge in [-0.25, -0.2) is 4.79 Å². The molecule has 1 N–H and O–H groups in total. The van der Waals surface area contributed by atoms with Gasteiger partial charge >= 0.3 is 12.3 Å². The summed E-state index contributed by atoms with van der Waals surface area (Å²) < 4.78 is 46.5. The molecule has 0 amide bonds. The summed E-state index contributed by atoms with van der Waals surface area (Å²) in [6, 6.07) is 2.97. The van der Waals surface area contributed by atoms with Crippen molar-refractivity contribution < 1.29 is 32.2 Å². The van der Waals surface area contributed by atoms with Crippen molar-refractivity contribution in [2.24, 2.45) is 0 Å². The lowest BCUT2D eigenvalue weighted by Gasteiger charge is -2.36. The van der Waals surface area contributed by atoms with E-state index in [1.807, 2.05) is 33.9 Å². The van der Waals surface area contributed by atoms with E-state index in [4.69, 9.17) is 9.53 Å². The highest BCUT2D eigenvalue weighted by Gasteiger charge is 2.40. The second-order valence-electron chi connectivity index (χ2n) is 6.37. The smallest absolute Gasteiger partial charge is 0.543 e. The van der Waals surface area contributed by atoms with Gasteiger partial charge in [-0.2, -0.15) is 0 Å². The van der Waals surface area contributed by atoms with Crippen LogP contribution in [0.25, 0.3) is 0 Å². The number of carbonyl (C=O) groups is 1. The number of hydrogen-bond donors (Lipinski definition) is 1. The second kappa shape index (κ2) is 5.83. The lowest BCUT2D eigenvalue weighted by Crippen LogP contribution is -2.44. The van der Waals surface area contributed by atoms with Crippen molar-refractivity contribution in [2.75, 3.05) is 0 Å². The van der Waals surface area contributed by atoms with Crippen LogP contribution in [-0.4, -0.2) is 25.8 Å². The predicted octanol–water partition coefficient (Wildman–Crippen LogP) is 4.67. The maximum absolute atomic E-state index is 12.3. The number of halogens is 3. The van der Waals surface area contributed by atoms with Crippen molar-refractivity contribution in [3.05, 3.63) is 23.8 Å². The number of rotatable bonds is 4. The molecule has 0 aliphatic carbocycles. The van der Waals surface area contributed by atoms with Crippen molar-refractivity contribution in [1.29, 1.82) is 0 Å². The highest BCUT2D eigenvalue weighted by molar-refractivity contribution is 6.74. The van der Waals surface area contributed by atoms with Crippen LogP contribution in [0.4, 0.5) is 13.2 Å². The average Bonchev–Trinajstić information content (AvgIpc) is 2.23. The first kappa shape index (κ1) is 18.3. The van der Waals surface area contributed by atoms with E-state index >= 15 is 0 Å². The summed E-state index contributed by atoms with van der Waals surface area (Å²) in [6.07, 6.45) is -4.85. The summed E-state index contributed by atoms with van der Waals surface area (Å²) in [4.78, 5) is 11.2. The molecular weight excluding hydrogens is 317 g/mol. The monoisotopic (exact) mass is 336 g/mol. The molecule has 22 heavy (non-hydrogen) atoms. The third kappa shape index (κ3) is 4.65. The van der Waals surface area contributed by atoms with Crippen molar-refractivity contribution in [1.82, 2.24) is 0 Å². The molecule has 0 fully saturated rings. The van der Waals surface area contributed by atoms with Gasteiger partial charge in [0.1, 0.15) is 17.1 Å². The Morgan fingerprint density at radius 2 is 1.73 bits per heavy atom. The molecule has 0 spiro atoms. The molecule has 0 aromatic heterocycles. The van der Waals surface area contributed by atoms with Gasteiger partial charge in [-0.15, -0.1) is 13.2 Å². The Bertz CT molecular complexity index is 562. The van der Waals surface area contributed by atoms with Crippen LogP contribution >= 0.6 is 0 Å². The number of hydrogen-bond acceptors (Lipinski definition) is 3. The van der Waals surface area contributed by atoms with E-state index in [1.165, 1.54) is 0 Å². The molecule has 0 saturated carbocycles. The van der Waals surface area contributed by atoms with Crippen molar-refractivity contribution in [3.63, 3.8) is 0 Å². The summed E-state index contributed by atoms with van der Waals surface area (Å²) in [6.45, 7) is 9.56. The standard InChI is InChI=1S/C14H19F3O4Si/c1-13(2,3)22(4,5)21-11-8-9(20-14(15,16)17)6-7-10(11)12(18)19/h6-8H,1-5H3,(H,18,19). The number of ether oxygens (including phenoxy) is 1. The molecule has 124 valence electrons. The first-order chi connectivity index (χ1) is 9.73. The highest BCUT2D eigenvalue weighted by Crippen LogP contribution is 2.39. The molecule has 0 saturated heterocycles. The zero-order valence-corrected chi connectivity index (χ0v) is 14.0. The summed E-state index contributed by atoms with van der Waals surface area (Å²) in [5, 5.41) is 8.93. The number of alkyl halides is 3. The van der Waals surface area contributed by atoms with E-state index in [1.54, 1.807) is 0 Å². The molecule has 4 nitrogen and oxygen atoms in total. The molecule has 0 bridgehead atoms. The van der Waals surface area contributed by atoms with Crippen LogP contribution in [-0.2, 0) is 0 Å². The number of carboxylic acid groups (broad SMARTS) is 1. The van der Waals surface area contributed by atoms with E-state index in [0.717, 1.165) is 18.2 Å². The highest BCUT2D eigenvalue weighted by atomic mass is 28.4. The fraction of sp³-hybridized carbons (Fsp3) is 0.500. The molecule has 1 aromatic carbocycles. The van der Waals surface area contributed by atoms with Crippen LogP contribution in [0.3, 0.4) is 0 Å². The predicted molar refractivity (Wildman–Crippen MR) is 77.9 cm³/mol. The Kier molecular flexibility index (Phi) is 4.86. The minimum Gasteiger partial charge on any atom is -0.543 e. The number of carboxylic acids is 1. The van der Waals surface area contributed by atoms with E-state index in [9.17, 15) is 18.0 Å². The van der Waals surface area contributed by atoms with Crippen LogP contribution in [0.15, 0.2) is 18.2 Å². The first-order valence-electron chi connectivity index (χ1n) is 6.55. The van der Waals surface area contributed by atoms with Crippen LogP contribution in [0, 0.1) is 0 Å². The van der Waals surface area contributed by atoms with Crippen LogP contribution < -0.4 is 9.16 Å². The molecule has 0 heterocycles. The lowest BCUT2D eigenvalue weighted by molar-refractivity contribution is -0.274. The van der Waals surface area contributed by atoms with Crippen molar-refractivity contribution in [3.8, 4) is 11.5 Å². The van der Waals surface area contributed by atoms with Crippen molar-refractivity contribution >= 4 is 14.3 Å². The second-order valence-corrected chi connectivity index (χ2v) is 11.1. The third-order valence-corrected chi connectivity index (χ3v) is 7.93. The molecule has 8 heteroatoms. The Labute approximate surface area is 128 Å². The fourth-order valence-corrected chi connectivity index (χ4v) is 2.41. The minimum absolute atomic E-state index is 0.110. The van der Waals surface area contributed by atoms with Gasteiger partial charge in [0.25, 0.3) is 8.32 Å². The summed E-state index contributed by atoms with van der Waals surface area (Å²) in [5.74, 6) is -1.89. The topological polar surface area (TPSA) is 55.8 Å². The quantitative estimate of drug-likeness (QED) is 0.812. The Morgan fingerprint density at radius 3 is 2.14 bits per heavy atom. The van der Waals surface area contributed by atoms with Gasteiger partial charge in [-0.3, -0.25) is 0 Å². The van der Waals surface area contributed by atoms with E-state index in [0.29, 0.717) is 0 Å². The molecule has 1 rings (SSSR count). The van der Waals surface area contributed by atoms with Gasteiger partial charge in [0.15, 0.2) is 0 Å². The normalized spacial score (nSPS) is 12.9. The van der Waals surface area contributed by atoms with Crippen molar-refractivity contribution in [2.45, 2.75) is 45.3 Å². The fourth-order valence-electron chi connectivity index (χ4n) is 1.39. The lowest BCUT2D eigenvalue weighted by atomic mass is 10.2. The van der Waals surface area contributed by atoms with Gasteiger partial charge < -0.3 is 14.3 Å². The third-order valence-electron chi connectivity index (χ3n) is 3.59. The van der Waals surface area contributed by atoms with E-state index < -0.39 is 26.4 Å². The summed E-state index contributed by atoms with van der Waals surface area (Å²) >= 11 is 0. The van der Waals surface area contributed by atoms with Gasteiger partial charge in [0.05, 0.1) is 0 Å². The van der Waals surface area contributed by atoms with Gasteiger partial charge in [0.2, 0.25) is 0 Å². The summed E-state index contributed by atoms with van der Waals surface area (Å²) in [7, 11) is -2.40. The molecule has 1 aromatic rings. The average molecular weight is 336 g/mol. The number of aromatic carboxylic acids is 1. The zero-order chi connectivity index (χ0) is 17.3. The maximum Gasteiger partial charge on any atom is 0.573 e. The summed E-state index contributed by atoms with van der Waals surface area (Å²) in [5.41, 5.74) is -0.195. The van der Waals surface area contributed by atoms with Gasteiger partial charge in [-0.05, 0) is 30.3 Å². The molecular formula is C14H19F3O4Si. The first-order valence-corrected chi connectivity index (χ1v) is 9.46. The maximum atomic E-state index is 12.3. The Balaban J connectivity index is 3.25. The van der Waals surface area contributed by atoms with E-state index in [-0.39, 0.29) is 16.4 Å². The molecule has 0 aliphatic heterocycles. The van der Waals surface area contributed by atoms with E-state index in [2.05, 4.69) is 4.74 Å².